The molecule has 134 valence electrons. The van der Waals surface area contributed by atoms with E-state index in [-0.39, 0.29) is 0 Å². The molecule has 0 spiro atoms. The zero-order valence-corrected chi connectivity index (χ0v) is 15.3. The Labute approximate surface area is 159 Å². The lowest BCUT2D eigenvalue weighted by atomic mass is 9.93. The van der Waals surface area contributed by atoms with Crippen LogP contribution in [0.25, 0.3) is 21.6 Å². The quantitative estimate of drug-likeness (QED) is 0.539. The molecule has 0 radical (unpaired) electrons. The molecule has 0 bridgehead atoms. The van der Waals surface area contributed by atoms with E-state index in [4.69, 9.17) is 0 Å². The highest BCUT2D eigenvalue weighted by Crippen LogP contribution is 2.34. The molecule has 4 aromatic rings. The van der Waals surface area contributed by atoms with Crippen molar-refractivity contribution >= 4 is 39.6 Å². The average molecular weight is 375 g/mol. The van der Waals surface area contributed by atoms with Gasteiger partial charge in [-0.05, 0) is 37.5 Å². The highest BCUT2D eigenvalue weighted by atomic mass is 32.1. The molecule has 2 N–H and O–H groups in total. The van der Waals surface area contributed by atoms with Crippen LogP contribution in [-0.2, 0) is 0 Å². The van der Waals surface area contributed by atoms with Crippen molar-refractivity contribution in [3.8, 4) is 10.6 Å². The topological polar surface area (TPSA) is 88.5 Å². The Kier molecular flexibility index (Phi) is 4.10. The largest absolute Gasteiger partial charge is 0.382 e. The molecule has 3 aromatic heterocycles. The molecule has 27 heavy (non-hydrogen) atoms. The minimum absolute atomic E-state index is 0.517. The molecule has 0 atom stereocenters. The number of nitrogens with one attached hydrogen (secondary N) is 2. The van der Waals surface area contributed by atoms with Crippen molar-refractivity contribution < 1.29 is 0 Å². The minimum atomic E-state index is 0.517. The first-order valence-corrected chi connectivity index (χ1v) is 9.74. The summed E-state index contributed by atoms with van der Waals surface area (Å²) < 4.78 is 0. The molecule has 0 aliphatic heterocycles. The predicted octanol–water partition coefficient (Wildman–Crippen LogP) is 4.25. The van der Waals surface area contributed by atoms with Gasteiger partial charge in [0.15, 0.2) is 5.01 Å². The molecule has 1 saturated carbocycles. The summed E-state index contributed by atoms with van der Waals surface area (Å²) in [6.45, 7) is 0. The molecule has 0 unspecified atom stereocenters. The van der Waals surface area contributed by atoms with Gasteiger partial charge in [0.2, 0.25) is 0 Å². The fraction of sp³-hybridized carbons (Fsp3) is 0.211. The zero-order chi connectivity index (χ0) is 18.1. The van der Waals surface area contributed by atoms with E-state index in [0.29, 0.717) is 6.04 Å². The van der Waals surface area contributed by atoms with Crippen molar-refractivity contribution in [3.05, 3.63) is 48.4 Å². The van der Waals surface area contributed by atoms with Crippen molar-refractivity contribution in [1.29, 1.82) is 0 Å². The SMILES string of the molecule is c1cnc2cc(Nc3cc(NC4CCC4)c(-c4nncs4)cn3)ccc2n1. The van der Waals surface area contributed by atoms with Gasteiger partial charge in [-0.1, -0.05) is 11.3 Å². The second kappa shape index (κ2) is 6.88. The molecular weight excluding hydrogens is 358 g/mol. The summed E-state index contributed by atoms with van der Waals surface area (Å²) in [6.07, 6.45) is 8.92. The van der Waals surface area contributed by atoms with E-state index in [1.54, 1.807) is 17.9 Å². The van der Waals surface area contributed by atoms with Gasteiger partial charge >= 0.3 is 0 Å². The maximum atomic E-state index is 4.57. The van der Waals surface area contributed by atoms with Gasteiger partial charge in [-0.2, -0.15) is 0 Å². The van der Waals surface area contributed by atoms with E-state index in [2.05, 4.69) is 35.8 Å². The van der Waals surface area contributed by atoms with Crippen molar-refractivity contribution in [3.63, 3.8) is 0 Å². The Morgan fingerprint density at radius 1 is 1.00 bits per heavy atom. The molecule has 3 heterocycles. The fourth-order valence-electron chi connectivity index (χ4n) is 3.07. The van der Waals surface area contributed by atoms with Crippen molar-refractivity contribution in [2.24, 2.45) is 0 Å². The number of aromatic nitrogens is 5. The molecule has 7 nitrogen and oxygen atoms in total. The highest BCUT2D eigenvalue weighted by molar-refractivity contribution is 7.12. The number of pyridine rings is 1. The number of anilines is 3. The van der Waals surface area contributed by atoms with Crippen molar-refractivity contribution in [2.75, 3.05) is 10.6 Å². The monoisotopic (exact) mass is 375 g/mol. The third kappa shape index (κ3) is 3.31. The van der Waals surface area contributed by atoms with Gasteiger partial charge in [0, 0.05) is 42.1 Å². The lowest BCUT2D eigenvalue weighted by molar-refractivity contribution is 0.445. The number of hydrogen-bond donors (Lipinski definition) is 2. The zero-order valence-electron chi connectivity index (χ0n) is 14.5. The third-order valence-corrected chi connectivity index (χ3v) is 5.43. The molecule has 0 amide bonds. The molecule has 1 fully saturated rings. The lowest BCUT2D eigenvalue weighted by Gasteiger charge is -2.28. The van der Waals surface area contributed by atoms with E-state index < -0.39 is 0 Å². The Hall–Kier alpha value is -3.13. The van der Waals surface area contributed by atoms with Gasteiger partial charge in [0.25, 0.3) is 0 Å². The van der Waals surface area contributed by atoms with Crippen LogP contribution in [0.2, 0.25) is 0 Å². The summed E-state index contributed by atoms with van der Waals surface area (Å²) in [6, 6.07) is 8.46. The summed E-state index contributed by atoms with van der Waals surface area (Å²) in [5.74, 6) is 0.772. The van der Waals surface area contributed by atoms with Crippen LogP contribution >= 0.6 is 11.3 Å². The van der Waals surface area contributed by atoms with Crippen LogP contribution in [0, 0.1) is 0 Å². The van der Waals surface area contributed by atoms with Crippen LogP contribution < -0.4 is 10.6 Å². The van der Waals surface area contributed by atoms with Crippen LogP contribution in [0.15, 0.2) is 48.4 Å². The van der Waals surface area contributed by atoms with E-state index in [1.165, 1.54) is 30.6 Å². The van der Waals surface area contributed by atoms with Gasteiger partial charge in [0.1, 0.15) is 11.3 Å². The average Bonchev–Trinajstić information content (AvgIpc) is 3.19. The summed E-state index contributed by atoms with van der Waals surface area (Å²) in [7, 11) is 0. The van der Waals surface area contributed by atoms with Crippen LogP contribution in [0.1, 0.15) is 19.3 Å². The minimum Gasteiger partial charge on any atom is -0.382 e. The second-order valence-electron chi connectivity index (χ2n) is 6.52. The Morgan fingerprint density at radius 3 is 2.67 bits per heavy atom. The number of fused-ring (bicyclic) bond motifs is 1. The van der Waals surface area contributed by atoms with Gasteiger partial charge in [-0.25, -0.2) is 4.98 Å². The van der Waals surface area contributed by atoms with Crippen LogP contribution in [-0.4, -0.2) is 31.2 Å². The summed E-state index contributed by atoms with van der Waals surface area (Å²) >= 11 is 1.52. The van der Waals surface area contributed by atoms with E-state index in [9.17, 15) is 0 Å². The normalized spacial score (nSPS) is 14.1. The maximum Gasteiger partial charge on any atom is 0.151 e. The molecule has 1 aromatic carbocycles. The molecular formula is C19H17N7S. The van der Waals surface area contributed by atoms with Crippen molar-refractivity contribution in [1.82, 2.24) is 25.1 Å². The van der Waals surface area contributed by atoms with Crippen molar-refractivity contribution in [2.45, 2.75) is 25.3 Å². The first-order chi connectivity index (χ1) is 13.3. The number of benzene rings is 1. The van der Waals surface area contributed by atoms with Crippen LogP contribution in [0.3, 0.4) is 0 Å². The summed E-state index contributed by atoms with van der Waals surface area (Å²) in [4.78, 5) is 13.2. The first-order valence-electron chi connectivity index (χ1n) is 8.86. The second-order valence-corrected chi connectivity index (χ2v) is 7.35. The standard InChI is InChI=1S/C19H17N7S/c1-2-12(3-1)24-16-9-18(22-10-14(16)19-26-23-11-27-19)25-13-4-5-15-17(8-13)21-7-6-20-15/h4-12H,1-3H2,(H2,22,24,25). The Morgan fingerprint density at radius 2 is 1.89 bits per heavy atom. The number of nitrogens with zero attached hydrogens (tertiary/aromatic N) is 5. The van der Waals surface area contributed by atoms with Crippen LogP contribution in [0.4, 0.5) is 17.2 Å². The van der Waals surface area contributed by atoms with Gasteiger partial charge < -0.3 is 10.6 Å². The Balaban J connectivity index is 1.47. The number of rotatable bonds is 5. The fourth-order valence-corrected chi connectivity index (χ4v) is 3.64. The number of hydrogen-bond acceptors (Lipinski definition) is 8. The molecule has 5 rings (SSSR count). The molecule has 0 saturated heterocycles. The first kappa shape index (κ1) is 16.1. The summed E-state index contributed by atoms with van der Waals surface area (Å²) in [5.41, 5.74) is 6.41. The summed E-state index contributed by atoms with van der Waals surface area (Å²) in [5, 5.41) is 16.0. The predicted molar refractivity (Wildman–Crippen MR) is 107 cm³/mol. The van der Waals surface area contributed by atoms with E-state index in [0.717, 1.165) is 38.8 Å². The smallest absolute Gasteiger partial charge is 0.151 e. The lowest BCUT2D eigenvalue weighted by Crippen LogP contribution is -2.27. The van der Waals surface area contributed by atoms with Gasteiger partial charge in [-0.3, -0.25) is 9.97 Å². The van der Waals surface area contributed by atoms with Gasteiger partial charge in [-0.15, -0.1) is 10.2 Å². The van der Waals surface area contributed by atoms with Crippen LogP contribution in [0.5, 0.6) is 0 Å². The third-order valence-electron chi connectivity index (χ3n) is 4.70. The van der Waals surface area contributed by atoms with E-state index in [1.807, 2.05) is 30.5 Å². The molecule has 1 aliphatic rings. The highest BCUT2D eigenvalue weighted by Gasteiger charge is 2.20. The Bertz CT molecular complexity index is 1080. The van der Waals surface area contributed by atoms with Gasteiger partial charge in [0.05, 0.1) is 16.6 Å². The van der Waals surface area contributed by atoms with E-state index >= 15 is 0 Å². The maximum absolute atomic E-state index is 4.57. The molecule has 1 aliphatic carbocycles. The molecule has 8 heteroatoms.